The van der Waals surface area contributed by atoms with Crippen molar-refractivity contribution in [1.29, 1.82) is 0 Å². The molecule has 0 spiro atoms. The highest BCUT2D eigenvalue weighted by Crippen LogP contribution is 2.24. The maximum atomic E-state index is 11.4. The Hall–Kier alpha value is -1.33. The van der Waals surface area contributed by atoms with E-state index in [4.69, 9.17) is 17.0 Å². The standard InChI is InChI=1S/C12H11NO2S2/c1-15-9-4-2-3-8(7-9)5-6-10-11(14)13-12(16)17-10/h2-4,6-7H,5H2,1H3,(H,13,14,16). The molecule has 1 fully saturated rings. The number of hydrogen-bond acceptors (Lipinski definition) is 4. The number of thioether (sulfide) groups is 1. The van der Waals surface area contributed by atoms with Gasteiger partial charge in [-0.05, 0) is 24.1 Å². The fraction of sp³-hybridized carbons (Fsp3) is 0.167. The summed E-state index contributed by atoms with van der Waals surface area (Å²) in [5.41, 5.74) is 1.10. The normalized spacial score (nSPS) is 17.4. The van der Waals surface area contributed by atoms with Crippen molar-refractivity contribution in [2.75, 3.05) is 7.11 Å². The van der Waals surface area contributed by atoms with Gasteiger partial charge in [-0.15, -0.1) is 0 Å². The van der Waals surface area contributed by atoms with Crippen molar-refractivity contribution in [2.24, 2.45) is 0 Å². The van der Waals surface area contributed by atoms with Crippen LogP contribution in [0.3, 0.4) is 0 Å². The molecule has 1 aliphatic rings. The van der Waals surface area contributed by atoms with E-state index in [1.165, 1.54) is 11.8 Å². The molecule has 0 aliphatic carbocycles. The lowest BCUT2D eigenvalue weighted by atomic mass is 10.1. The van der Waals surface area contributed by atoms with E-state index in [1.807, 2.05) is 30.3 Å². The fourth-order valence-corrected chi connectivity index (χ4v) is 2.49. The van der Waals surface area contributed by atoms with E-state index in [1.54, 1.807) is 7.11 Å². The first-order valence-corrected chi connectivity index (χ1v) is 6.28. The maximum absolute atomic E-state index is 11.4. The Morgan fingerprint density at radius 1 is 1.53 bits per heavy atom. The van der Waals surface area contributed by atoms with Gasteiger partial charge in [-0.1, -0.05) is 42.2 Å². The van der Waals surface area contributed by atoms with Gasteiger partial charge in [0.15, 0.2) is 0 Å². The molecule has 1 N–H and O–H groups in total. The molecule has 0 unspecified atom stereocenters. The lowest BCUT2D eigenvalue weighted by molar-refractivity contribution is -0.115. The molecule has 0 bridgehead atoms. The monoisotopic (exact) mass is 265 g/mol. The van der Waals surface area contributed by atoms with Crippen LogP contribution in [0.2, 0.25) is 0 Å². The Kier molecular flexibility index (Phi) is 3.81. The molecule has 0 radical (unpaired) electrons. The van der Waals surface area contributed by atoms with Crippen LogP contribution in [0.5, 0.6) is 5.75 Å². The van der Waals surface area contributed by atoms with Crippen LogP contribution in [0.15, 0.2) is 35.2 Å². The number of allylic oxidation sites excluding steroid dienone is 1. The highest BCUT2D eigenvalue weighted by atomic mass is 32.2. The molecule has 2 rings (SSSR count). The molecule has 17 heavy (non-hydrogen) atoms. The van der Waals surface area contributed by atoms with Gasteiger partial charge in [0.25, 0.3) is 5.91 Å². The Balaban J connectivity index is 2.09. The average Bonchev–Trinajstić information content (AvgIpc) is 2.65. The zero-order valence-corrected chi connectivity index (χ0v) is 10.9. The third-order valence-corrected chi connectivity index (χ3v) is 3.51. The Labute approximate surface area is 109 Å². The number of carbonyl (C=O) groups excluding carboxylic acids is 1. The van der Waals surface area contributed by atoms with Gasteiger partial charge in [0.1, 0.15) is 10.1 Å². The van der Waals surface area contributed by atoms with Crippen LogP contribution >= 0.6 is 24.0 Å². The molecule has 1 heterocycles. The lowest BCUT2D eigenvalue weighted by Gasteiger charge is -2.01. The van der Waals surface area contributed by atoms with E-state index in [-0.39, 0.29) is 5.91 Å². The molecular formula is C12H11NO2S2. The van der Waals surface area contributed by atoms with Gasteiger partial charge in [0, 0.05) is 0 Å². The molecule has 0 aromatic heterocycles. The lowest BCUT2D eigenvalue weighted by Crippen LogP contribution is -2.17. The third-order valence-electron chi connectivity index (χ3n) is 2.30. The summed E-state index contributed by atoms with van der Waals surface area (Å²) in [7, 11) is 1.64. The molecule has 5 heteroatoms. The summed E-state index contributed by atoms with van der Waals surface area (Å²) in [6.45, 7) is 0. The molecule has 88 valence electrons. The topological polar surface area (TPSA) is 38.3 Å². The molecule has 1 aromatic rings. The molecule has 3 nitrogen and oxygen atoms in total. The van der Waals surface area contributed by atoms with Crippen molar-refractivity contribution >= 4 is 34.2 Å². The second-order valence-electron chi connectivity index (χ2n) is 3.47. The number of thiocarbonyl (C=S) groups is 1. The second kappa shape index (κ2) is 5.33. The first kappa shape index (κ1) is 12.1. The quantitative estimate of drug-likeness (QED) is 0.672. The van der Waals surface area contributed by atoms with Gasteiger partial charge >= 0.3 is 0 Å². The fourth-order valence-electron chi connectivity index (χ4n) is 1.47. The van der Waals surface area contributed by atoms with Crippen molar-refractivity contribution in [1.82, 2.24) is 5.32 Å². The van der Waals surface area contributed by atoms with Crippen molar-refractivity contribution < 1.29 is 9.53 Å². The summed E-state index contributed by atoms with van der Waals surface area (Å²) < 4.78 is 5.66. The van der Waals surface area contributed by atoms with Gasteiger partial charge < -0.3 is 10.1 Å². The summed E-state index contributed by atoms with van der Waals surface area (Å²) in [5, 5.41) is 2.59. The summed E-state index contributed by atoms with van der Waals surface area (Å²) in [6.07, 6.45) is 2.57. The number of hydrogen-bond donors (Lipinski definition) is 1. The van der Waals surface area contributed by atoms with E-state index >= 15 is 0 Å². The first-order valence-electron chi connectivity index (χ1n) is 5.05. The van der Waals surface area contributed by atoms with Crippen LogP contribution in [0.1, 0.15) is 5.56 Å². The van der Waals surface area contributed by atoms with Gasteiger partial charge in [0.05, 0.1) is 12.0 Å². The summed E-state index contributed by atoms with van der Waals surface area (Å²) in [4.78, 5) is 12.1. The van der Waals surface area contributed by atoms with Gasteiger partial charge in [0.2, 0.25) is 0 Å². The van der Waals surface area contributed by atoms with Crippen molar-refractivity contribution in [3.8, 4) is 5.75 Å². The maximum Gasteiger partial charge on any atom is 0.263 e. The highest BCUT2D eigenvalue weighted by Gasteiger charge is 2.21. The molecular weight excluding hydrogens is 254 g/mol. The van der Waals surface area contributed by atoms with Crippen LogP contribution in [-0.2, 0) is 11.2 Å². The van der Waals surface area contributed by atoms with Crippen molar-refractivity contribution in [3.63, 3.8) is 0 Å². The van der Waals surface area contributed by atoms with Crippen LogP contribution in [0.4, 0.5) is 0 Å². The SMILES string of the molecule is COc1cccc(CC=C2SC(=S)NC2=O)c1. The summed E-state index contributed by atoms with van der Waals surface area (Å²) >= 11 is 6.22. The van der Waals surface area contributed by atoms with E-state index in [0.717, 1.165) is 11.3 Å². The Morgan fingerprint density at radius 2 is 2.35 bits per heavy atom. The molecule has 1 saturated heterocycles. The number of nitrogens with one attached hydrogen (secondary N) is 1. The smallest absolute Gasteiger partial charge is 0.263 e. The number of rotatable bonds is 3. The van der Waals surface area contributed by atoms with E-state index < -0.39 is 0 Å². The van der Waals surface area contributed by atoms with E-state index in [0.29, 0.717) is 15.6 Å². The zero-order chi connectivity index (χ0) is 12.3. The Morgan fingerprint density at radius 3 is 3.00 bits per heavy atom. The highest BCUT2D eigenvalue weighted by molar-refractivity contribution is 8.26. The van der Waals surface area contributed by atoms with E-state index in [2.05, 4.69) is 5.32 Å². The van der Waals surface area contributed by atoms with Crippen LogP contribution in [0, 0.1) is 0 Å². The first-order chi connectivity index (χ1) is 8.19. The van der Waals surface area contributed by atoms with Crippen LogP contribution in [0.25, 0.3) is 0 Å². The van der Waals surface area contributed by atoms with Crippen LogP contribution < -0.4 is 10.1 Å². The molecule has 1 aromatic carbocycles. The van der Waals surface area contributed by atoms with Gasteiger partial charge in [-0.25, -0.2) is 0 Å². The number of carbonyl (C=O) groups is 1. The minimum absolute atomic E-state index is 0.108. The minimum atomic E-state index is -0.108. The third kappa shape index (κ3) is 3.08. The van der Waals surface area contributed by atoms with E-state index in [9.17, 15) is 4.79 Å². The average molecular weight is 265 g/mol. The minimum Gasteiger partial charge on any atom is -0.497 e. The van der Waals surface area contributed by atoms with Crippen molar-refractivity contribution in [3.05, 3.63) is 40.8 Å². The Bertz CT molecular complexity index is 497. The summed E-state index contributed by atoms with van der Waals surface area (Å²) in [6, 6.07) is 7.77. The van der Waals surface area contributed by atoms with Gasteiger partial charge in [-0.3, -0.25) is 4.79 Å². The summed E-state index contributed by atoms with van der Waals surface area (Å²) in [5.74, 6) is 0.711. The number of amides is 1. The molecule has 1 aliphatic heterocycles. The molecule has 0 atom stereocenters. The zero-order valence-electron chi connectivity index (χ0n) is 9.23. The predicted octanol–water partition coefficient (Wildman–Crippen LogP) is 2.27. The largest absolute Gasteiger partial charge is 0.497 e. The number of methoxy groups -OCH3 is 1. The van der Waals surface area contributed by atoms with Gasteiger partial charge in [-0.2, -0.15) is 0 Å². The number of ether oxygens (including phenoxy) is 1. The number of benzene rings is 1. The second-order valence-corrected chi connectivity index (χ2v) is 5.19. The molecule has 1 amide bonds. The predicted molar refractivity (Wildman–Crippen MR) is 73.1 cm³/mol. The van der Waals surface area contributed by atoms with Crippen LogP contribution in [-0.4, -0.2) is 17.3 Å². The molecule has 0 saturated carbocycles. The van der Waals surface area contributed by atoms with Crippen molar-refractivity contribution in [2.45, 2.75) is 6.42 Å².